The number of aromatic nitrogens is 1. The molecule has 0 atom stereocenters. The van der Waals surface area contributed by atoms with Gasteiger partial charge in [0.1, 0.15) is 5.69 Å². The molecule has 0 bridgehead atoms. The number of carboxylic acid groups (broad SMARTS) is 1. The van der Waals surface area contributed by atoms with E-state index in [1.54, 1.807) is 62.5 Å². The minimum atomic E-state index is -5.08. The Morgan fingerprint density at radius 1 is 0.974 bits per heavy atom. The normalized spacial score (nSPS) is 10.9. The Balaban J connectivity index is 0.000000638. The first-order valence-corrected chi connectivity index (χ1v) is 12.7. The van der Waals surface area contributed by atoms with E-state index in [-0.39, 0.29) is 19.1 Å². The minimum Gasteiger partial charge on any atom is -0.475 e. The van der Waals surface area contributed by atoms with Crippen LogP contribution in [0, 0.1) is 11.8 Å². The summed E-state index contributed by atoms with van der Waals surface area (Å²) >= 11 is 0. The SMILES string of the molecule is CCOP(=O)(OCC)c1ccc(NC(=O)c2cccc(C#Cc3ccccn3)c2)cc1.O=C(O)C(F)(F)F. The summed E-state index contributed by atoms with van der Waals surface area (Å²) in [6.07, 6.45) is -3.40. The molecule has 0 aliphatic carbocycles. The van der Waals surface area contributed by atoms with Crippen LogP contribution in [0.15, 0.2) is 72.9 Å². The van der Waals surface area contributed by atoms with Crippen LogP contribution in [0.3, 0.4) is 0 Å². The Hall–Kier alpha value is -3.97. The highest BCUT2D eigenvalue weighted by Gasteiger charge is 2.38. The van der Waals surface area contributed by atoms with Crippen LogP contribution in [-0.4, -0.2) is 41.4 Å². The molecule has 12 heteroatoms. The number of halogens is 3. The van der Waals surface area contributed by atoms with E-state index in [0.717, 1.165) is 0 Å². The van der Waals surface area contributed by atoms with Gasteiger partial charge in [-0.1, -0.05) is 18.1 Å². The number of nitrogens with one attached hydrogen (secondary N) is 1. The van der Waals surface area contributed by atoms with Gasteiger partial charge in [0.2, 0.25) is 0 Å². The lowest BCUT2D eigenvalue weighted by atomic mass is 10.1. The van der Waals surface area contributed by atoms with Crippen LogP contribution in [0.4, 0.5) is 18.9 Å². The van der Waals surface area contributed by atoms with Crippen LogP contribution < -0.4 is 10.6 Å². The second-order valence-electron chi connectivity index (χ2n) is 7.18. The molecule has 2 N–H and O–H groups in total. The molecule has 8 nitrogen and oxygen atoms in total. The Bertz CT molecular complexity index is 1330. The van der Waals surface area contributed by atoms with E-state index >= 15 is 0 Å². The second kappa shape index (κ2) is 14.1. The molecule has 2 aromatic carbocycles. The van der Waals surface area contributed by atoms with Crippen molar-refractivity contribution in [1.29, 1.82) is 0 Å². The van der Waals surface area contributed by atoms with Gasteiger partial charge in [0, 0.05) is 23.0 Å². The van der Waals surface area contributed by atoms with Gasteiger partial charge in [-0.25, -0.2) is 9.78 Å². The lowest BCUT2D eigenvalue weighted by molar-refractivity contribution is -0.192. The topological polar surface area (TPSA) is 115 Å². The number of carbonyl (C=O) groups is 2. The third-order valence-corrected chi connectivity index (χ3v) is 6.53. The molecule has 0 saturated heterocycles. The van der Waals surface area contributed by atoms with Gasteiger partial charge < -0.3 is 19.5 Å². The fourth-order valence-electron chi connectivity index (χ4n) is 2.77. The molecule has 1 heterocycles. The highest BCUT2D eigenvalue weighted by Crippen LogP contribution is 2.46. The number of rotatable bonds is 7. The van der Waals surface area contributed by atoms with E-state index in [0.29, 0.717) is 27.8 Å². The molecule has 200 valence electrons. The third-order valence-electron chi connectivity index (χ3n) is 4.41. The van der Waals surface area contributed by atoms with Crippen molar-refractivity contribution >= 4 is 30.5 Å². The maximum atomic E-state index is 12.8. The summed E-state index contributed by atoms with van der Waals surface area (Å²) in [5, 5.41) is 10.4. The molecular formula is C26H24F3N2O6P. The zero-order chi connectivity index (χ0) is 28.2. The number of aliphatic carboxylic acids is 1. The number of pyridine rings is 1. The summed E-state index contributed by atoms with van der Waals surface area (Å²) in [4.78, 5) is 25.7. The van der Waals surface area contributed by atoms with Gasteiger partial charge in [-0.05, 0) is 74.4 Å². The van der Waals surface area contributed by atoms with E-state index in [9.17, 15) is 22.5 Å². The Labute approximate surface area is 217 Å². The van der Waals surface area contributed by atoms with Crippen LogP contribution in [0.25, 0.3) is 0 Å². The van der Waals surface area contributed by atoms with Gasteiger partial charge in [-0.3, -0.25) is 9.36 Å². The predicted octanol–water partition coefficient (Wildman–Crippen LogP) is 5.26. The van der Waals surface area contributed by atoms with Crippen LogP contribution >= 0.6 is 7.60 Å². The summed E-state index contributed by atoms with van der Waals surface area (Å²) in [5.74, 6) is 2.96. The fraction of sp³-hybridized carbons (Fsp3) is 0.192. The van der Waals surface area contributed by atoms with Gasteiger partial charge in [-0.15, -0.1) is 0 Å². The maximum Gasteiger partial charge on any atom is 0.490 e. The number of carbonyl (C=O) groups excluding carboxylic acids is 1. The summed E-state index contributed by atoms with van der Waals surface area (Å²) in [6, 6.07) is 19.2. The average Bonchev–Trinajstić information content (AvgIpc) is 2.89. The number of amides is 1. The van der Waals surface area contributed by atoms with Crippen LogP contribution in [0.1, 0.15) is 35.5 Å². The molecule has 0 fully saturated rings. The number of anilines is 1. The molecule has 0 spiro atoms. The number of alkyl halides is 3. The van der Waals surface area contributed by atoms with Gasteiger partial charge in [0.25, 0.3) is 5.91 Å². The average molecular weight is 548 g/mol. The van der Waals surface area contributed by atoms with Crippen molar-refractivity contribution in [2.75, 3.05) is 18.5 Å². The summed E-state index contributed by atoms with van der Waals surface area (Å²) in [6.45, 7) is 4.06. The molecule has 0 saturated carbocycles. The molecule has 38 heavy (non-hydrogen) atoms. The van der Waals surface area contributed by atoms with E-state index < -0.39 is 19.7 Å². The highest BCUT2D eigenvalue weighted by atomic mass is 31.2. The molecule has 1 amide bonds. The van der Waals surface area contributed by atoms with Gasteiger partial charge in [-0.2, -0.15) is 13.2 Å². The van der Waals surface area contributed by atoms with Gasteiger partial charge in [0.15, 0.2) is 0 Å². The minimum absolute atomic E-state index is 0.271. The number of hydrogen-bond acceptors (Lipinski definition) is 6. The largest absolute Gasteiger partial charge is 0.490 e. The quantitative estimate of drug-likeness (QED) is 0.306. The van der Waals surface area contributed by atoms with Crippen molar-refractivity contribution in [3.8, 4) is 11.8 Å². The molecule has 3 rings (SSSR count). The van der Waals surface area contributed by atoms with Crippen LogP contribution in [0.2, 0.25) is 0 Å². The predicted molar refractivity (Wildman–Crippen MR) is 135 cm³/mol. The van der Waals surface area contributed by atoms with E-state index in [1.165, 1.54) is 0 Å². The first kappa shape index (κ1) is 30.3. The maximum absolute atomic E-state index is 12.8. The molecule has 0 aliphatic rings. The zero-order valence-corrected chi connectivity index (χ0v) is 21.3. The lowest BCUT2D eigenvalue weighted by Gasteiger charge is -2.17. The molecule has 3 aromatic rings. The molecule has 0 radical (unpaired) electrons. The van der Waals surface area contributed by atoms with Crippen molar-refractivity contribution in [2.45, 2.75) is 20.0 Å². The van der Waals surface area contributed by atoms with Crippen molar-refractivity contribution in [3.05, 3.63) is 89.7 Å². The number of nitrogens with zero attached hydrogens (tertiary/aromatic N) is 1. The van der Waals surface area contributed by atoms with Crippen LogP contribution in [-0.2, 0) is 18.4 Å². The summed E-state index contributed by atoms with van der Waals surface area (Å²) < 4.78 is 55.2. The number of carboxylic acids is 1. The highest BCUT2D eigenvalue weighted by molar-refractivity contribution is 7.62. The van der Waals surface area contributed by atoms with Crippen molar-refractivity contribution in [2.24, 2.45) is 0 Å². The van der Waals surface area contributed by atoms with Crippen molar-refractivity contribution < 1.29 is 41.5 Å². The molecule has 0 aliphatic heterocycles. The first-order chi connectivity index (χ1) is 18.0. The standard InChI is InChI=1S/C24H23N2O4P.C2HF3O2/c1-3-29-31(28,30-4-2)23-15-13-22(14-16-23)26-24(27)20-9-7-8-19(18-20)11-12-21-10-5-6-17-25-21;3-2(4,5)1(6)7/h5-10,13-18H,3-4H2,1-2H3,(H,26,27);(H,6,7). The molecule has 0 unspecified atom stereocenters. The van der Waals surface area contributed by atoms with E-state index in [4.69, 9.17) is 18.9 Å². The summed E-state index contributed by atoms with van der Waals surface area (Å²) in [5.41, 5.74) is 2.42. The monoisotopic (exact) mass is 548 g/mol. The Kier molecular flexibility index (Phi) is 11.2. The third kappa shape index (κ3) is 9.48. The van der Waals surface area contributed by atoms with Gasteiger partial charge >= 0.3 is 19.7 Å². The molecular weight excluding hydrogens is 524 g/mol. The van der Waals surface area contributed by atoms with Crippen LogP contribution in [0.5, 0.6) is 0 Å². The second-order valence-corrected chi connectivity index (χ2v) is 9.21. The summed E-state index contributed by atoms with van der Waals surface area (Å²) in [7, 11) is -3.36. The zero-order valence-electron chi connectivity index (χ0n) is 20.4. The number of benzene rings is 2. The smallest absolute Gasteiger partial charge is 0.475 e. The van der Waals surface area contributed by atoms with E-state index in [1.807, 2.05) is 24.3 Å². The van der Waals surface area contributed by atoms with Crippen molar-refractivity contribution in [3.63, 3.8) is 0 Å². The lowest BCUT2D eigenvalue weighted by Crippen LogP contribution is -2.21. The first-order valence-electron chi connectivity index (χ1n) is 11.1. The van der Waals surface area contributed by atoms with Gasteiger partial charge in [0.05, 0.1) is 18.5 Å². The van der Waals surface area contributed by atoms with Crippen molar-refractivity contribution in [1.82, 2.24) is 4.98 Å². The molecule has 1 aromatic heterocycles. The van der Waals surface area contributed by atoms with E-state index in [2.05, 4.69) is 22.1 Å². The fourth-order valence-corrected chi connectivity index (χ4v) is 4.33. The Morgan fingerprint density at radius 2 is 1.61 bits per heavy atom. The number of hydrogen-bond donors (Lipinski definition) is 2. The Morgan fingerprint density at radius 3 is 2.13 bits per heavy atom.